The maximum atomic E-state index is 8.30. The van der Waals surface area contributed by atoms with Gasteiger partial charge < -0.3 is 0 Å². The molecule has 0 saturated heterocycles. The van der Waals surface area contributed by atoms with Gasteiger partial charge in [-0.2, -0.15) is 17.9 Å². The molecular weight excluding hydrogens is 166 g/mol. The first-order chi connectivity index (χ1) is 5.86. The lowest BCUT2D eigenvalue weighted by atomic mass is 10.1. The molecule has 12 heavy (non-hydrogen) atoms. The van der Waals surface area contributed by atoms with Crippen molar-refractivity contribution in [3.8, 4) is 6.07 Å². The van der Waals surface area contributed by atoms with E-state index >= 15 is 0 Å². The molecule has 2 heteroatoms. The molecule has 0 atom stereocenters. The first kappa shape index (κ1) is 8.89. The molecule has 0 N–H and O–H groups in total. The molecule has 1 aromatic rings. The van der Waals surface area contributed by atoms with Crippen LogP contribution in [0.15, 0.2) is 30.3 Å². The van der Waals surface area contributed by atoms with Gasteiger partial charge in [-0.05, 0) is 17.2 Å². The molecule has 0 saturated carbocycles. The van der Waals surface area contributed by atoms with Gasteiger partial charge in [0.15, 0.2) is 0 Å². The quantitative estimate of drug-likeness (QED) is 0.542. The minimum absolute atomic E-state index is 0.730. The topological polar surface area (TPSA) is 23.8 Å². The zero-order valence-electron chi connectivity index (χ0n) is 6.57. The predicted molar refractivity (Wildman–Crippen MR) is 53.8 cm³/mol. The highest BCUT2D eigenvalue weighted by Crippen LogP contribution is 2.08. The molecule has 0 heterocycles. The molecule has 0 unspecified atom stereocenters. The van der Waals surface area contributed by atoms with Crippen LogP contribution in [-0.4, -0.2) is 0 Å². The van der Waals surface area contributed by atoms with Gasteiger partial charge in [0.05, 0.1) is 6.07 Å². The predicted octanol–water partition coefficient (Wildman–Crippen LogP) is 2.65. The molecule has 60 valence electrons. The summed E-state index contributed by atoms with van der Waals surface area (Å²) in [5.41, 5.74) is 2.21. The van der Waals surface area contributed by atoms with Gasteiger partial charge in [-0.3, -0.25) is 0 Å². The lowest BCUT2D eigenvalue weighted by Crippen LogP contribution is -1.78. The standard InChI is InChI=1S/C10H9NS/c11-6-2-5-9-3-1-4-10(7-9)8-12/h1-5,7,12H,8H2. The van der Waals surface area contributed by atoms with Crippen LogP contribution in [0.3, 0.4) is 0 Å². The van der Waals surface area contributed by atoms with E-state index < -0.39 is 0 Å². The highest BCUT2D eigenvalue weighted by Gasteiger charge is 1.89. The molecule has 0 aliphatic heterocycles. The van der Waals surface area contributed by atoms with Crippen molar-refractivity contribution < 1.29 is 0 Å². The lowest BCUT2D eigenvalue weighted by molar-refractivity contribution is 1.42. The Kier molecular flexibility index (Phi) is 3.43. The van der Waals surface area contributed by atoms with E-state index in [1.165, 1.54) is 11.6 Å². The van der Waals surface area contributed by atoms with E-state index in [1.54, 1.807) is 6.08 Å². The van der Waals surface area contributed by atoms with E-state index in [9.17, 15) is 0 Å². The zero-order valence-corrected chi connectivity index (χ0v) is 7.46. The Hall–Kier alpha value is -1.20. The zero-order chi connectivity index (χ0) is 8.81. The third-order valence-corrected chi connectivity index (χ3v) is 1.85. The fourth-order valence-electron chi connectivity index (χ4n) is 0.929. The molecule has 0 aromatic heterocycles. The highest BCUT2D eigenvalue weighted by molar-refractivity contribution is 7.79. The smallest absolute Gasteiger partial charge is 0.0912 e. The molecule has 0 aliphatic rings. The van der Waals surface area contributed by atoms with Gasteiger partial charge in [-0.1, -0.05) is 24.3 Å². The van der Waals surface area contributed by atoms with E-state index in [2.05, 4.69) is 12.6 Å². The largest absolute Gasteiger partial charge is 0.193 e. The van der Waals surface area contributed by atoms with E-state index in [1.807, 2.05) is 30.3 Å². The van der Waals surface area contributed by atoms with Crippen LogP contribution >= 0.6 is 12.6 Å². The van der Waals surface area contributed by atoms with Crippen LogP contribution in [0.5, 0.6) is 0 Å². The van der Waals surface area contributed by atoms with Crippen molar-refractivity contribution in [1.29, 1.82) is 5.26 Å². The number of nitriles is 1. The first-order valence-electron chi connectivity index (χ1n) is 3.63. The van der Waals surface area contributed by atoms with Gasteiger partial charge in [0.2, 0.25) is 0 Å². The summed E-state index contributed by atoms with van der Waals surface area (Å²) in [7, 11) is 0. The van der Waals surface area contributed by atoms with Gasteiger partial charge in [0, 0.05) is 11.8 Å². The minimum Gasteiger partial charge on any atom is -0.193 e. The van der Waals surface area contributed by atoms with Crippen molar-refractivity contribution in [2.24, 2.45) is 0 Å². The van der Waals surface area contributed by atoms with Crippen LogP contribution in [0, 0.1) is 11.3 Å². The average Bonchev–Trinajstić information content (AvgIpc) is 2.15. The number of nitrogens with zero attached hydrogens (tertiary/aromatic N) is 1. The van der Waals surface area contributed by atoms with Crippen LogP contribution in [0.4, 0.5) is 0 Å². The molecule has 0 aliphatic carbocycles. The van der Waals surface area contributed by atoms with E-state index in [-0.39, 0.29) is 0 Å². The SMILES string of the molecule is N#CC=Cc1cccc(CS)c1. The van der Waals surface area contributed by atoms with Crippen LogP contribution < -0.4 is 0 Å². The van der Waals surface area contributed by atoms with Gasteiger partial charge in [-0.15, -0.1) is 0 Å². The average molecular weight is 175 g/mol. The van der Waals surface area contributed by atoms with Crippen molar-refractivity contribution in [2.45, 2.75) is 5.75 Å². The minimum atomic E-state index is 0.730. The molecule has 1 nitrogen and oxygen atoms in total. The summed E-state index contributed by atoms with van der Waals surface area (Å²) < 4.78 is 0. The number of rotatable bonds is 2. The second-order valence-corrected chi connectivity index (χ2v) is 2.68. The van der Waals surface area contributed by atoms with Crippen LogP contribution in [-0.2, 0) is 5.75 Å². The van der Waals surface area contributed by atoms with Crippen molar-refractivity contribution in [1.82, 2.24) is 0 Å². The fraction of sp³-hybridized carbons (Fsp3) is 0.100. The Morgan fingerprint density at radius 2 is 2.33 bits per heavy atom. The molecule has 0 radical (unpaired) electrons. The molecule has 1 aromatic carbocycles. The summed E-state index contributed by atoms with van der Waals surface area (Å²) in [4.78, 5) is 0. The van der Waals surface area contributed by atoms with Crippen molar-refractivity contribution in [3.05, 3.63) is 41.5 Å². The molecule has 0 fully saturated rings. The Balaban J connectivity index is 2.88. The molecular formula is C10H9NS. The maximum absolute atomic E-state index is 8.30. The van der Waals surface area contributed by atoms with E-state index in [4.69, 9.17) is 5.26 Å². The molecule has 1 rings (SSSR count). The summed E-state index contributed by atoms with van der Waals surface area (Å²) in [6.45, 7) is 0. The van der Waals surface area contributed by atoms with Gasteiger partial charge in [-0.25, -0.2) is 0 Å². The van der Waals surface area contributed by atoms with E-state index in [0.717, 1.165) is 11.3 Å². The van der Waals surface area contributed by atoms with Crippen molar-refractivity contribution in [3.63, 3.8) is 0 Å². The third kappa shape index (κ3) is 2.44. The first-order valence-corrected chi connectivity index (χ1v) is 4.26. The highest BCUT2D eigenvalue weighted by atomic mass is 32.1. The lowest BCUT2D eigenvalue weighted by Gasteiger charge is -1.96. The normalized spacial score (nSPS) is 10.0. The number of thiol groups is 1. The Morgan fingerprint density at radius 1 is 1.50 bits per heavy atom. The van der Waals surface area contributed by atoms with Crippen LogP contribution in [0.1, 0.15) is 11.1 Å². The van der Waals surface area contributed by atoms with Crippen LogP contribution in [0.2, 0.25) is 0 Å². The van der Waals surface area contributed by atoms with Crippen LogP contribution in [0.25, 0.3) is 6.08 Å². The third-order valence-electron chi connectivity index (χ3n) is 1.48. The van der Waals surface area contributed by atoms with Gasteiger partial charge in [0.25, 0.3) is 0 Å². The molecule has 0 bridgehead atoms. The maximum Gasteiger partial charge on any atom is 0.0912 e. The second-order valence-electron chi connectivity index (χ2n) is 2.37. The Bertz CT molecular complexity index is 323. The summed E-state index contributed by atoms with van der Waals surface area (Å²) in [5, 5.41) is 8.30. The second kappa shape index (κ2) is 4.63. The number of hydrogen-bond acceptors (Lipinski definition) is 2. The summed E-state index contributed by atoms with van der Waals surface area (Å²) >= 11 is 4.16. The van der Waals surface area contributed by atoms with Crippen molar-refractivity contribution in [2.75, 3.05) is 0 Å². The van der Waals surface area contributed by atoms with E-state index in [0.29, 0.717) is 0 Å². The fourth-order valence-corrected chi connectivity index (χ4v) is 1.13. The number of hydrogen-bond donors (Lipinski definition) is 1. The number of allylic oxidation sites excluding steroid dienone is 1. The summed E-state index contributed by atoms with van der Waals surface area (Å²) in [5.74, 6) is 0.730. The monoisotopic (exact) mass is 175 g/mol. The van der Waals surface area contributed by atoms with Gasteiger partial charge in [0.1, 0.15) is 0 Å². The molecule has 0 amide bonds. The van der Waals surface area contributed by atoms with Crippen molar-refractivity contribution >= 4 is 18.7 Å². The Morgan fingerprint density at radius 3 is 3.00 bits per heavy atom. The number of benzene rings is 1. The van der Waals surface area contributed by atoms with Gasteiger partial charge >= 0.3 is 0 Å². The summed E-state index contributed by atoms with van der Waals surface area (Å²) in [6.07, 6.45) is 3.25. The molecule has 0 spiro atoms. The summed E-state index contributed by atoms with van der Waals surface area (Å²) in [6, 6.07) is 9.90. The Labute approximate surface area is 77.7 Å².